The second-order valence-corrected chi connectivity index (χ2v) is 6.85. The molecular weight excluding hydrogens is 318 g/mol. The number of carbonyl (C=O) groups is 1. The maximum atomic E-state index is 12.4. The van der Waals surface area contributed by atoms with Crippen molar-refractivity contribution in [2.75, 3.05) is 13.1 Å². The van der Waals surface area contributed by atoms with Crippen LogP contribution in [0.4, 0.5) is 0 Å². The summed E-state index contributed by atoms with van der Waals surface area (Å²) in [5.41, 5.74) is 1.23. The molecular formula is C16H22BrNO2. The Kier molecular flexibility index (Phi) is 4.86. The molecule has 20 heavy (non-hydrogen) atoms. The fourth-order valence-electron chi connectivity index (χ4n) is 2.69. The number of hydrogen-bond donors (Lipinski definition) is 1. The number of carbonyl (C=O) groups excluding carboxylic acids is 1. The molecule has 1 N–H and O–H groups in total. The minimum Gasteiger partial charge on any atom is -0.456 e. The largest absolute Gasteiger partial charge is 0.456 e. The van der Waals surface area contributed by atoms with Crippen molar-refractivity contribution in [1.82, 2.24) is 5.32 Å². The van der Waals surface area contributed by atoms with Crippen LogP contribution in [0.3, 0.4) is 0 Å². The summed E-state index contributed by atoms with van der Waals surface area (Å²) in [5.74, 6) is 0.167. The molecule has 0 aromatic heterocycles. The Balaban J connectivity index is 2.11. The predicted molar refractivity (Wildman–Crippen MR) is 84.0 cm³/mol. The summed E-state index contributed by atoms with van der Waals surface area (Å²) in [6.45, 7) is 8.01. The van der Waals surface area contributed by atoms with Gasteiger partial charge in [0.15, 0.2) is 0 Å². The van der Waals surface area contributed by atoms with Crippen molar-refractivity contribution in [3.8, 4) is 0 Å². The topological polar surface area (TPSA) is 38.3 Å². The number of benzene rings is 1. The van der Waals surface area contributed by atoms with E-state index in [1.165, 1.54) is 0 Å². The van der Waals surface area contributed by atoms with Crippen molar-refractivity contribution >= 4 is 21.9 Å². The van der Waals surface area contributed by atoms with Crippen LogP contribution >= 0.6 is 15.9 Å². The monoisotopic (exact) mass is 339 g/mol. The van der Waals surface area contributed by atoms with Crippen molar-refractivity contribution in [2.45, 2.75) is 39.2 Å². The molecule has 4 heteroatoms. The maximum Gasteiger partial charge on any atom is 0.339 e. The highest BCUT2D eigenvalue weighted by Crippen LogP contribution is 2.31. The van der Waals surface area contributed by atoms with Crippen LogP contribution in [0.1, 0.15) is 42.6 Å². The third-order valence-corrected chi connectivity index (χ3v) is 4.71. The molecule has 1 saturated heterocycles. The van der Waals surface area contributed by atoms with Crippen LogP contribution in [-0.4, -0.2) is 24.7 Å². The van der Waals surface area contributed by atoms with Crippen LogP contribution in [0.5, 0.6) is 0 Å². The average Bonchev–Trinajstić information content (AvgIpc) is 2.42. The molecule has 0 radical (unpaired) electrons. The quantitative estimate of drug-likeness (QED) is 0.853. The van der Waals surface area contributed by atoms with Crippen LogP contribution in [0, 0.1) is 12.8 Å². The molecule has 0 atom stereocenters. The first kappa shape index (κ1) is 15.5. The summed E-state index contributed by atoms with van der Waals surface area (Å²) in [6, 6.07) is 5.73. The molecule has 110 valence electrons. The SMILES string of the molecule is Cc1ccc(Br)c(C(=O)OC(C)(C)C2CCNCC2)c1. The van der Waals surface area contributed by atoms with Gasteiger partial charge in [0.2, 0.25) is 0 Å². The second-order valence-electron chi connectivity index (χ2n) is 6.00. The lowest BCUT2D eigenvalue weighted by Crippen LogP contribution is -2.42. The molecule has 1 aromatic rings. The van der Waals surface area contributed by atoms with Crippen molar-refractivity contribution < 1.29 is 9.53 Å². The average molecular weight is 340 g/mol. The molecule has 2 rings (SSSR count). The van der Waals surface area contributed by atoms with Gasteiger partial charge in [-0.2, -0.15) is 0 Å². The van der Waals surface area contributed by atoms with E-state index in [0.29, 0.717) is 11.5 Å². The first-order chi connectivity index (χ1) is 9.40. The fourth-order valence-corrected chi connectivity index (χ4v) is 3.10. The molecule has 0 bridgehead atoms. The van der Waals surface area contributed by atoms with E-state index in [2.05, 4.69) is 21.2 Å². The minimum atomic E-state index is -0.428. The zero-order chi connectivity index (χ0) is 14.8. The molecule has 1 aliphatic rings. The molecule has 0 amide bonds. The number of nitrogens with one attached hydrogen (secondary N) is 1. The Labute approximate surface area is 129 Å². The first-order valence-electron chi connectivity index (χ1n) is 7.10. The highest BCUT2D eigenvalue weighted by Gasteiger charge is 2.34. The number of halogens is 1. The van der Waals surface area contributed by atoms with E-state index in [9.17, 15) is 4.79 Å². The van der Waals surface area contributed by atoms with Gasteiger partial charge in [-0.25, -0.2) is 4.79 Å². The van der Waals surface area contributed by atoms with E-state index in [4.69, 9.17) is 4.74 Å². The van der Waals surface area contributed by atoms with Gasteiger partial charge in [0.25, 0.3) is 0 Å². The number of esters is 1. The lowest BCUT2D eigenvalue weighted by molar-refractivity contribution is -0.0369. The third-order valence-electron chi connectivity index (χ3n) is 4.02. The van der Waals surface area contributed by atoms with E-state index < -0.39 is 5.60 Å². The molecule has 0 unspecified atom stereocenters. The number of rotatable bonds is 3. The highest BCUT2D eigenvalue weighted by molar-refractivity contribution is 9.10. The van der Waals surface area contributed by atoms with Crippen molar-refractivity contribution in [3.63, 3.8) is 0 Å². The molecule has 3 nitrogen and oxygen atoms in total. The van der Waals surface area contributed by atoms with Gasteiger partial charge in [-0.3, -0.25) is 0 Å². The van der Waals surface area contributed by atoms with Crippen LogP contribution in [0.15, 0.2) is 22.7 Å². The Morgan fingerprint density at radius 3 is 2.65 bits per heavy atom. The minimum absolute atomic E-state index is 0.246. The summed E-state index contributed by atoms with van der Waals surface area (Å²) in [5, 5.41) is 3.34. The summed E-state index contributed by atoms with van der Waals surface area (Å²) in [6.07, 6.45) is 2.10. The van der Waals surface area contributed by atoms with Gasteiger partial charge in [-0.15, -0.1) is 0 Å². The van der Waals surface area contributed by atoms with Gasteiger partial charge in [-0.05, 0) is 74.8 Å². The number of piperidine rings is 1. The number of aryl methyl sites for hydroxylation is 1. The van der Waals surface area contributed by atoms with Crippen LogP contribution in [0.2, 0.25) is 0 Å². The number of hydrogen-bond acceptors (Lipinski definition) is 3. The Hall–Kier alpha value is -0.870. The van der Waals surface area contributed by atoms with Gasteiger partial charge in [-0.1, -0.05) is 11.6 Å². The van der Waals surface area contributed by atoms with Gasteiger partial charge in [0.1, 0.15) is 5.60 Å². The zero-order valence-corrected chi connectivity index (χ0v) is 13.9. The summed E-state index contributed by atoms with van der Waals surface area (Å²) < 4.78 is 6.59. The summed E-state index contributed by atoms with van der Waals surface area (Å²) >= 11 is 3.42. The van der Waals surface area contributed by atoms with E-state index in [-0.39, 0.29) is 5.97 Å². The third kappa shape index (κ3) is 3.61. The van der Waals surface area contributed by atoms with Gasteiger partial charge in [0, 0.05) is 10.4 Å². The summed E-state index contributed by atoms with van der Waals surface area (Å²) in [4.78, 5) is 12.4. The Morgan fingerprint density at radius 2 is 2.00 bits per heavy atom. The Morgan fingerprint density at radius 1 is 1.35 bits per heavy atom. The van der Waals surface area contributed by atoms with Crippen molar-refractivity contribution in [1.29, 1.82) is 0 Å². The first-order valence-corrected chi connectivity index (χ1v) is 7.89. The standard InChI is InChI=1S/C16H22BrNO2/c1-11-4-5-14(17)13(10-11)15(19)20-16(2,3)12-6-8-18-9-7-12/h4-5,10,12,18H,6-9H2,1-3H3. The fraction of sp³-hybridized carbons (Fsp3) is 0.562. The van der Waals surface area contributed by atoms with Crippen molar-refractivity contribution in [3.05, 3.63) is 33.8 Å². The lowest BCUT2D eigenvalue weighted by atomic mass is 9.83. The smallest absolute Gasteiger partial charge is 0.339 e. The molecule has 1 aromatic carbocycles. The molecule has 0 spiro atoms. The lowest BCUT2D eigenvalue weighted by Gasteiger charge is -2.36. The molecule has 1 fully saturated rings. The molecule has 1 aliphatic heterocycles. The van der Waals surface area contributed by atoms with Gasteiger partial charge in [0.05, 0.1) is 5.56 Å². The van der Waals surface area contributed by atoms with Gasteiger partial charge >= 0.3 is 5.97 Å². The van der Waals surface area contributed by atoms with E-state index in [1.807, 2.05) is 39.0 Å². The molecule has 0 saturated carbocycles. The Bertz CT molecular complexity index is 493. The predicted octanol–water partition coefficient (Wildman–Crippen LogP) is 3.69. The zero-order valence-electron chi connectivity index (χ0n) is 12.3. The highest BCUT2D eigenvalue weighted by atomic mass is 79.9. The summed E-state index contributed by atoms with van der Waals surface area (Å²) in [7, 11) is 0. The van der Waals surface area contributed by atoms with E-state index >= 15 is 0 Å². The van der Waals surface area contributed by atoms with Crippen LogP contribution < -0.4 is 5.32 Å². The van der Waals surface area contributed by atoms with E-state index in [1.54, 1.807) is 0 Å². The van der Waals surface area contributed by atoms with Gasteiger partial charge < -0.3 is 10.1 Å². The maximum absolute atomic E-state index is 12.4. The second kappa shape index (κ2) is 6.27. The van der Waals surface area contributed by atoms with E-state index in [0.717, 1.165) is 36.0 Å². The molecule has 0 aliphatic carbocycles. The van der Waals surface area contributed by atoms with Crippen LogP contribution in [0.25, 0.3) is 0 Å². The molecule has 1 heterocycles. The number of ether oxygens (including phenoxy) is 1. The van der Waals surface area contributed by atoms with Crippen molar-refractivity contribution in [2.24, 2.45) is 5.92 Å². The normalized spacial score (nSPS) is 17.0. The van der Waals surface area contributed by atoms with Crippen LogP contribution in [-0.2, 0) is 4.74 Å².